The first kappa shape index (κ1) is 27.1. The number of fused-ring (bicyclic) bond motifs is 1. The van der Waals surface area contributed by atoms with Crippen LogP contribution in [0.5, 0.6) is 0 Å². The molecule has 7 unspecified atom stereocenters. The van der Waals surface area contributed by atoms with Gasteiger partial charge >= 0.3 is 0 Å². The van der Waals surface area contributed by atoms with Gasteiger partial charge in [0.25, 0.3) is 0 Å². The van der Waals surface area contributed by atoms with Gasteiger partial charge in [-0.25, -0.2) is 0 Å². The summed E-state index contributed by atoms with van der Waals surface area (Å²) in [6, 6.07) is 0. The van der Waals surface area contributed by atoms with E-state index in [0.29, 0.717) is 24.5 Å². The fraction of sp³-hybridized carbons (Fsp3) is 0.962. The number of hydrogen-bond acceptors (Lipinski definition) is 4. The molecular formula is C26H48N4O2. The van der Waals surface area contributed by atoms with Crippen LogP contribution in [-0.2, 0) is 4.74 Å². The summed E-state index contributed by atoms with van der Waals surface area (Å²) < 4.78 is 6.53. The first-order valence-corrected chi connectivity index (χ1v) is 13.3. The van der Waals surface area contributed by atoms with E-state index in [9.17, 15) is 5.11 Å². The smallest absolute Gasteiger partial charge is 0.0637 e. The highest BCUT2D eigenvalue weighted by atomic mass is 16.5. The number of nitrogens with one attached hydrogen (secondary N) is 1. The van der Waals surface area contributed by atoms with Gasteiger partial charge in [-0.05, 0) is 79.9 Å². The maximum absolute atomic E-state index is 10.5. The Labute approximate surface area is 196 Å². The second kappa shape index (κ2) is 14.9. The molecule has 6 heteroatoms. The van der Waals surface area contributed by atoms with Crippen LogP contribution in [0.3, 0.4) is 0 Å². The minimum absolute atomic E-state index is 0.00133. The lowest BCUT2D eigenvalue weighted by molar-refractivity contribution is -0.160. The molecule has 6 nitrogen and oxygen atoms in total. The van der Waals surface area contributed by atoms with Crippen molar-refractivity contribution in [1.29, 1.82) is 5.41 Å². The van der Waals surface area contributed by atoms with Gasteiger partial charge in [-0.2, -0.15) is 0 Å². The number of azide groups is 1. The van der Waals surface area contributed by atoms with Crippen molar-refractivity contribution in [2.45, 2.75) is 123 Å². The molecule has 32 heavy (non-hydrogen) atoms. The molecule has 1 saturated carbocycles. The molecule has 1 aliphatic carbocycles. The molecule has 2 N–H and O–H groups in total. The van der Waals surface area contributed by atoms with Crippen molar-refractivity contribution in [2.24, 2.45) is 34.7 Å². The number of aliphatic hydroxyl groups excluding tert-OH is 1. The summed E-state index contributed by atoms with van der Waals surface area (Å²) in [5.74, 6) is 1.88. The van der Waals surface area contributed by atoms with E-state index < -0.39 is 0 Å². The van der Waals surface area contributed by atoms with Gasteiger partial charge in [0.15, 0.2) is 0 Å². The zero-order valence-electron chi connectivity index (χ0n) is 20.8. The third-order valence-corrected chi connectivity index (χ3v) is 7.95. The Hall–Kier alpha value is -1.10. The van der Waals surface area contributed by atoms with E-state index in [-0.39, 0.29) is 24.0 Å². The zero-order valence-corrected chi connectivity index (χ0v) is 20.8. The number of aliphatic hydroxyl groups is 1. The molecule has 2 aliphatic rings. The summed E-state index contributed by atoms with van der Waals surface area (Å²) in [5, 5.41) is 22.0. The fourth-order valence-electron chi connectivity index (χ4n) is 5.89. The Morgan fingerprint density at radius 3 is 2.47 bits per heavy atom. The van der Waals surface area contributed by atoms with Crippen LogP contribution in [0.4, 0.5) is 0 Å². The first-order valence-electron chi connectivity index (χ1n) is 13.3. The molecule has 0 aromatic heterocycles. The maximum Gasteiger partial charge on any atom is 0.0637 e. The number of unbranched alkanes of at least 4 members (excludes halogenated alkanes) is 4. The molecule has 184 valence electrons. The largest absolute Gasteiger partial charge is 0.393 e. The van der Waals surface area contributed by atoms with Crippen LogP contribution in [0.25, 0.3) is 10.4 Å². The second-order valence-corrected chi connectivity index (χ2v) is 10.9. The van der Waals surface area contributed by atoms with Crippen LogP contribution < -0.4 is 0 Å². The lowest BCUT2D eigenvalue weighted by Crippen LogP contribution is -2.51. The van der Waals surface area contributed by atoms with Crippen LogP contribution in [0, 0.1) is 35.0 Å². The Balaban J connectivity index is 1.65. The van der Waals surface area contributed by atoms with Gasteiger partial charge in [0.05, 0.1) is 18.3 Å². The highest BCUT2D eigenvalue weighted by molar-refractivity contribution is 5.56. The minimum atomic E-state index is -0.388. The Morgan fingerprint density at radius 1 is 1.09 bits per heavy atom. The predicted molar refractivity (Wildman–Crippen MR) is 132 cm³/mol. The quantitative estimate of drug-likeness (QED) is 0.0902. The first-order chi connectivity index (χ1) is 15.5. The van der Waals surface area contributed by atoms with Gasteiger partial charge in [0.2, 0.25) is 0 Å². The number of rotatable bonds is 15. The van der Waals surface area contributed by atoms with Gasteiger partial charge in [-0.3, -0.25) is 0 Å². The molecular weight excluding hydrogens is 400 g/mol. The third-order valence-electron chi connectivity index (χ3n) is 7.95. The average Bonchev–Trinajstić information content (AvgIpc) is 2.77. The van der Waals surface area contributed by atoms with Crippen LogP contribution >= 0.6 is 0 Å². The van der Waals surface area contributed by atoms with E-state index in [4.69, 9.17) is 15.7 Å². The lowest BCUT2D eigenvalue weighted by Gasteiger charge is -2.48. The molecule has 1 aliphatic heterocycles. The zero-order chi connectivity index (χ0) is 23.3. The van der Waals surface area contributed by atoms with Gasteiger partial charge in [-0.15, -0.1) is 0 Å². The highest BCUT2D eigenvalue weighted by Gasteiger charge is 2.44. The van der Waals surface area contributed by atoms with Crippen molar-refractivity contribution in [3.05, 3.63) is 10.4 Å². The topological polar surface area (TPSA) is 102 Å². The molecule has 2 rings (SSSR count). The van der Waals surface area contributed by atoms with E-state index in [1.807, 2.05) is 0 Å². The molecule has 7 atom stereocenters. The van der Waals surface area contributed by atoms with Crippen LogP contribution in [0.2, 0.25) is 0 Å². The lowest BCUT2D eigenvalue weighted by atomic mass is 9.68. The number of ether oxygens (including phenoxy) is 1. The van der Waals surface area contributed by atoms with E-state index in [1.54, 1.807) is 6.21 Å². The molecule has 0 aromatic rings. The molecule has 0 amide bonds. The molecule has 0 aromatic carbocycles. The SMILES string of the molecule is CC(C)CCCCCCCC(C=N)CCCC1CCC2CC(O)C(CN=[N+]=[N-])C(C)C2O1. The van der Waals surface area contributed by atoms with E-state index >= 15 is 0 Å². The predicted octanol–water partition coefficient (Wildman–Crippen LogP) is 7.30. The maximum atomic E-state index is 10.5. The van der Waals surface area contributed by atoms with Gasteiger partial charge in [0, 0.05) is 11.5 Å². The highest BCUT2D eigenvalue weighted by Crippen LogP contribution is 2.43. The summed E-state index contributed by atoms with van der Waals surface area (Å²) in [7, 11) is 0. The van der Waals surface area contributed by atoms with Crippen molar-refractivity contribution >= 4 is 6.21 Å². The fourth-order valence-corrected chi connectivity index (χ4v) is 5.89. The van der Waals surface area contributed by atoms with Crippen molar-refractivity contribution in [3.63, 3.8) is 0 Å². The van der Waals surface area contributed by atoms with Gasteiger partial charge in [-0.1, -0.05) is 70.8 Å². The van der Waals surface area contributed by atoms with Crippen molar-refractivity contribution in [2.75, 3.05) is 6.54 Å². The van der Waals surface area contributed by atoms with E-state index in [0.717, 1.165) is 50.9 Å². The second-order valence-electron chi connectivity index (χ2n) is 10.9. The molecule has 2 fully saturated rings. The monoisotopic (exact) mass is 448 g/mol. The van der Waals surface area contributed by atoms with E-state index in [1.165, 1.54) is 38.5 Å². The summed E-state index contributed by atoms with van der Waals surface area (Å²) in [6.45, 7) is 7.10. The van der Waals surface area contributed by atoms with Gasteiger partial charge < -0.3 is 15.3 Å². The standard InChI is InChI=1S/C26H48N4O2/c1-19(2)10-7-5-4-6-8-11-21(17-27)12-9-13-23-15-14-22-16-25(31)24(18-29-30-28)20(3)26(22)32-23/h17,19-27,31H,4-16,18H2,1-3H3. The van der Waals surface area contributed by atoms with Crippen molar-refractivity contribution in [3.8, 4) is 0 Å². The number of hydrogen-bond donors (Lipinski definition) is 2. The van der Waals surface area contributed by atoms with Crippen molar-refractivity contribution < 1.29 is 9.84 Å². The molecule has 1 saturated heterocycles. The average molecular weight is 449 g/mol. The number of nitrogens with zero attached hydrogens (tertiary/aromatic N) is 3. The Bertz CT molecular complexity index is 578. The molecule has 1 heterocycles. The van der Waals surface area contributed by atoms with Crippen LogP contribution in [-0.4, -0.2) is 36.2 Å². The van der Waals surface area contributed by atoms with Crippen LogP contribution in [0.1, 0.15) is 104 Å². The summed E-state index contributed by atoms with van der Waals surface area (Å²) >= 11 is 0. The Morgan fingerprint density at radius 2 is 1.78 bits per heavy atom. The minimum Gasteiger partial charge on any atom is -0.393 e. The normalized spacial score (nSPS) is 31.0. The summed E-state index contributed by atoms with van der Waals surface area (Å²) in [6.07, 6.45) is 17.1. The molecule has 0 radical (unpaired) electrons. The van der Waals surface area contributed by atoms with Crippen LogP contribution in [0.15, 0.2) is 5.11 Å². The van der Waals surface area contributed by atoms with Gasteiger partial charge in [0.1, 0.15) is 0 Å². The summed E-state index contributed by atoms with van der Waals surface area (Å²) in [5.41, 5.74) is 8.66. The summed E-state index contributed by atoms with van der Waals surface area (Å²) in [4.78, 5) is 2.88. The Kier molecular flexibility index (Phi) is 12.7. The van der Waals surface area contributed by atoms with E-state index in [2.05, 4.69) is 30.8 Å². The molecule has 0 bridgehead atoms. The molecule has 0 spiro atoms. The van der Waals surface area contributed by atoms with Crippen molar-refractivity contribution in [1.82, 2.24) is 0 Å². The third kappa shape index (κ3) is 9.03.